The van der Waals surface area contributed by atoms with Gasteiger partial charge in [-0.25, -0.2) is 9.18 Å². The number of ether oxygens (including phenoxy) is 1. The second-order valence-electron chi connectivity index (χ2n) is 8.98. The summed E-state index contributed by atoms with van der Waals surface area (Å²) in [6.07, 6.45) is -0.257. The summed E-state index contributed by atoms with van der Waals surface area (Å²) in [5, 5.41) is 0. The van der Waals surface area contributed by atoms with Crippen LogP contribution >= 0.6 is 0 Å². The molecule has 1 atom stereocenters. The summed E-state index contributed by atoms with van der Waals surface area (Å²) in [4.78, 5) is 16.5. The Morgan fingerprint density at radius 1 is 1.17 bits per heavy atom. The van der Waals surface area contributed by atoms with Crippen molar-refractivity contribution in [2.75, 3.05) is 19.6 Å². The topological polar surface area (TPSA) is 58.8 Å². The molecule has 1 heterocycles. The molecule has 1 fully saturated rings. The molecule has 0 saturated carbocycles. The van der Waals surface area contributed by atoms with Crippen LogP contribution in [0.4, 0.5) is 9.18 Å². The quantitative estimate of drug-likeness (QED) is 0.808. The maximum atomic E-state index is 14.4. The normalized spacial score (nSPS) is 17.8. The van der Waals surface area contributed by atoms with Gasteiger partial charge in [-0.1, -0.05) is 24.3 Å². The van der Waals surface area contributed by atoms with E-state index in [9.17, 15) is 9.18 Å². The summed E-state index contributed by atoms with van der Waals surface area (Å²) in [5.74, 6) is -0.246. The van der Waals surface area contributed by atoms with E-state index in [4.69, 9.17) is 10.5 Å². The van der Waals surface area contributed by atoms with Crippen LogP contribution in [0.15, 0.2) is 42.5 Å². The van der Waals surface area contributed by atoms with Crippen LogP contribution in [0.5, 0.6) is 0 Å². The molecule has 0 aliphatic carbocycles. The molecule has 1 amide bonds. The van der Waals surface area contributed by atoms with Gasteiger partial charge < -0.3 is 15.4 Å². The Balaban J connectivity index is 1.67. The van der Waals surface area contributed by atoms with Crippen LogP contribution < -0.4 is 5.73 Å². The summed E-state index contributed by atoms with van der Waals surface area (Å²) in [7, 11) is 0. The van der Waals surface area contributed by atoms with E-state index in [1.54, 1.807) is 11.0 Å². The highest BCUT2D eigenvalue weighted by atomic mass is 19.1. The average Bonchev–Trinajstić information content (AvgIpc) is 2.67. The molecule has 162 valence electrons. The lowest BCUT2D eigenvalue weighted by atomic mass is 10.00. The summed E-state index contributed by atoms with van der Waals surface area (Å²) in [5.41, 5.74) is 8.66. The Kier molecular flexibility index (Phi) is 6.78. The van der Waals surface area contributed by atoms with Crippen LogP contribution in [0.25, 0.3) is 11.1 Å². The highest BCUT2D eigenvalue weighted by Gasteiger charge is 2.30. The van der Waals surface area contributed by atoms with Crippen molar-refractivity contribution in [2.24, 2.45) is 5.73 Å². The fourth-order valence-electron chi connectivity index (χ4n) is 3.78. The van der Waals surface area contributed by atoms with Crippen LogP contribution in [0.1, 0.15) is 38.8 Å². The second kappa shape index (κ2) is 9.14. The standard InChI is InChI=1S/C24H32FN3O2/c1-17-15-27(10-11-28(17)23(29)30-24(2,3)4)16-19-6-5-7-20(12-19)21-13-18(14-26)8-9-22(21)25/h5-9,12-13,17H,10-11,14-16,26H2,1-4H3/t17-/m1/s1. The van der Waals surface area contributed by atoms with Crippen molar-refractivity contribution in [1.82, 2.24) is 9.80 Å². The predicted molar refractivity (Wildman–Crippen MR) is 117 cm³/mol. The first kappa shape index (κ1) is 22.2. The number of benzene rings is 2. The lowest BCUT2D eigenvalue weighted by Crippen LogP contribution is -2.54. The zero-order chi connectivity index (χ0) is 21.9. The van der Waals surface area contributed by atoms with Gasteiger partial charge in [-0.05, 0) is 62.6 Å². The van der Waals surface area contributed by atoms with E-state index in [2.05, 4.69) is 11.0 Å². The molecule has 0 unspecified atom stereocenters. The third-order valence-corrected chi connectivity index (χ3v) is 5.25. The van der Waals surface area contributed by atoms with Crippen LogP contribution in [-0.2, 0) is 17.8 Å². The molecule has 0 spiro atoms. The Labute approximate surface area is 178 Å². The van der Waals surface area contributed by atoms with Crippen molar-refractivity contribution in [1.29, 1.82) is 0 Å². The number of carbonyl (C=O) groups is 1. The third-order valence-electron chi connectivity index (χ3n) is 5.25. The van der Waals surface area contributed by atoms with Crippen LogP contribution in [0, 0.1) is 5.82 Å². The molecule has 5 nitrogen and oxygen atoms in total. The van der Waals surface area contributed by atoms with Gasteiger partial charge >= 0.3 is 6.09 Å². The number of amides is 1. The van der Waals surface area contributed by atoms with Gasteiger partial charge in [0.1, 0.15) is 11.4 Å². The third kappa shape index (κ3) is 5.58. The number of piperazine rings is 1. The summed E-state index contributed by atoms with van der Waals surface area (Å²) in [6, 6.07) is 13.0. The Hall–Kier alpha value is -2.44. The summed E-state index contributed by atoms with van der Waals surface area (Å²) in [6.45, 7) is 11.0. The Bertz CT molecular complexity index is 894. The van der Waals surface area contributed by atoms with Crippen molar-refractivity contribution in [3.05, 3.63) is 59.4 Å². The van der Waals surface area contributed by atoms with E-state index in [1.165, 1.54) is 6.07 Å². The number of halogens is 1. The lowest BCUT2D eigenvalue weighted by Gasteiger charge is -2.40. The molecule has 30 heavy (non-hydrogen) atoms. The van der Waals surface area contributed by atoms with Gasteiger partial charge in [0, 0.05) is 44.3 Å². The molecule has 1 aliphatic rings. The van der Waals surface area contributed by atoms with E-state index in [1.807, 2.05) is 52.0 Å². The van der Waals surface area contributed by atoms with Gasteiger partial charge in [0.05, 0.1) is 0 Å². The van der Waals surface area contributed by atoms with Crippen molar-refractivity contribution >= 4 is 6.09 Å². The van der Waals surface area contributed by atoms with Crippen LogP contribution in [-0.4, -0.2) is 47.2 Å². The van der Waals surface area contributed by atoms with Crippen molar-refractivity contribution < 1.29 is 13.9 Å². The number of carbonyl (C=O) groups excluding carboxylic acids is 1. The molecule has 1 aliphatic heterocycles. The molecule has 2 aromatic carbocycles. The first-order valence-electron chi connectivity index (χ1n) is 10.5. The highest BCUT2D eigenvalue weighted by molar-refractivity contribution is 5.68. The first-order valence-corrected chi connectivity index (χ1v) is 10.5. The zero-order valence-corrected chi connectivity index (χ0v) is 18.3. The fourth-order valence-corrected chi connectivity index (χ4v) is 3.78. The summed E-state index contributed by atoms with van der Waals surface area (Å²) >= 11 is 0. The molecule has 0 bridgehead atoms. The maximum Gasteiger partial charge on any atom is 0.410 e. The number of hydrogen-bond donors (Lipinski definition) is 1. The largest absolute Gasteiger partial charge is 0.444 e. The van der Waals surface area contributed by atoms with Crippen molar-refractivity contribution in [3.63, 3.8) is 0 Å². The minimum Gasteiger partial charge on any atom is -0.444 e. The van der Waals surface area contributed by atoms with Gasteiger partial charge in [0.2, 0.25) is 0 Å². The van der Waals surface area contributed by atoms with E-state index < -0.39 is 5.60 Å². The minimum absolute atomic E-state index is 0.0652. The van der Waals surface area contributed by atoms with Crippen molar-refractivity contribution in [3.8, 4) is 11.1 Å². The molecule has 6 heteroatoms. The monoisotopic (exact) mass is 413 g/mol. The van der Waals surface area contributed by atoms with Crippen LogP contribution in [0.3, 0.4) is 0 Å². The molecule has 1 saturated heterocycles. The van der Waals surface area contributed by atoms with E-state index >= 15 is 0 Å². The van der Waals surface area contributed by atoms with Gasteiger partial charge in [-0.3, -0.25) is 4.90 Å². The van der Waals surface area contributed by atoms with Gasteiger partial charge in [0.15, 0.2) is 0 Å². The minimum atomic E-state index is -0.495. The number of nitrogens with two attached hydrogens (primary N) is 1. The number of hydrogen-bond acceptors (Lipinski definition) is 4. The number of rotatable bonds is 4. The smallest absolute Gasteiger partial charge is 0.410 e. The molecular formula is C24H32FN3O2. The van der Waals surface area contributed by atoms with E-state index in [0.29, 0.717) is 18.7 Å². The lowest BCUT2D eigenvalue weighted by molar-refractivity contribution is 0.000564. The molecule has 2 aromatic rings. The summed E-state index contributed by atoms with van der Waals surface area (Å²) < 4.78 is 19.9. The SMILES string of the molecule is C[C@@H]1CN(Cc2cccc(-c3cc(CN)ccc3F)c2)CCN1C(=O)OC(C)(C)C. The van der Waals surface area contributed by atoms with Gasteiger partial charge in [-0.15, -0.1) is 0 Å². The van der Waals surface area contributed by atoms with Gasteiger partial charge in [0.25, 0.3) is 0 Å². The molecule has 2 N–H and O–H groups in total. The average molecular weight is 414 g/mol. The zero-order valence-electron chi connectivity index (χ0n) is 18.3. The van der Waals surface area contributed by atoms with E-state index in [0.717, 1.165) is 36.3 Å². The molecule has 0 aromatic heterocycles. The second-order valence-corrected chi connectivity index (χ2v) is 8.98. The maximum absolute atomic E-state index is 14.4. The Morgan fingerprint density at radius 3 is 2.60 bits per heavy atom. The number of nitrogens with zero attached hydrogens (tertiary/aromatic N) is 2. The van der Waals surface area contributed by atoms with Gasteiger partial charge in [-0.2, -0.15) is 0 Å². The van der Waals surface area contributed by atoms with Crippen LogP contribution in [0.2, 0.25) is 0 Å². The molecular weight excluding hydrogens is 381 g/mol. The highest BCUT2D eigenvalue weighted by Crippen LogP contribution is 2.26. The van der Waals surface area contributed by atoms with Crippen molar-refractivity contribution in [2.45, 2.75) is 52.4 Å². The Morgan fingerprint density at radius 2 is 1.93 bits per heavy atom. The first-order chi connectivity index (χ1) is 14.2. The molecule has 3 rings (SSSR count). The van der Waals surface area contributed by atoms with E-state index in [-0.39, 0.29) is 18.0 Å². The fraction of sp³-hybridized carbons (Fsp3) is 0.458. The molecule has 0 radical (unpaired) electrons. The predicted octanol–water partition coefficient (Wildman–Crippen LogP) is 4.39.